The smallest absolute Gasteiger partial charge is 0.337 e. The van der Waals surface area contributed by atoms with E-state index in [1.165, 1.54) is 11.3 Å². The van der Waals surface area contributed by atoms with Gasteiger partial charge in [-0.2, -0.15) is 0 Å². The number of hydrogen-bond donors (Lipinski definition) is 1. The lowest BCUT2D eigenvalue weighted by Gasteiger charge is -1.98. The summed E-state index contributed by atoms with van der Waals surface area (Å²) in [5.41, 5.74) is 0.371. The number of carbonyl (C=O) groups is 1. The van der Waals surface area contributed by atoms with Gasteiger partial charge in [0.25, 0.3) is 0 Å². The molecule has 1 N–H and O–H groups in total. The van der Waals surface area contributed by atoms with Crippen molar-refractivity contribution in [3.05, 3.63) is 31.1 Å². The molecule has 0 saturated heterocycles. The summed E-state index contributed by atoms with van der Waals surface area (Å²) in [4.78, 5) is 10.9. The highest BCUT2D eigenvalue weighted by molar-refractivity contribution is 14.1. The molecule has 2 aromatic rings. The number of thiophene rings is 1. The minimum absolute atomic E-state index is 0.371. The van der Waals surface area contributed by atoms with Gasteiger partial charge in [0.15, 0.2) is 0 Å². The van der Waals surface area contributed by atoms with Gasteiger partial charge in [-0.15, -0.1) is 11.3 Å². The molecule has 1 aromatic carbocycles. The third-order valence-electron chi connectivity index (χ3n) is 1.83. The van der Waals surface area contributed by atoms with Gasteiger partial charge in [0.2, 0.25) is 0 Å². The highest BCUT2D eigenvalue weighted by Gasteiger charge is 2.12. The molecule has 0 fully saturated rings. The van der Waals surface area contributed by atoms with Crippen LogP contribution in [0.15, 0.2) is 22.7 Å². The Balaban J connectivity index is 2.87. The van der Waals surface area contributed by atoms with Gasteiger partial charge in [-0.3, -0.25) is 0 Å². The summed E-state index contributed by atoms with van der Waals surface area (Å²) in [6.07, 6.45) is 0. The fraction of sp³-hybridized carbons (Fsp3) is 0. The first-order valence-electron chi connectivity index (χ1n) is 3.70. The number of carboxylic acid groups (broad SMARTS) is 1. The van der Waals surface area contributed by atoms with Crippen LogP contribution in [-0.4, -0.2) is 11.1 Å². The summed E-state index contributed by atoms with van der Waals surface area (Å²) < 4.78 is 2.86. The van der Waals surface area contributed by atoms with Gasteiger partial charge < -0.3 is 5.11 Å². The highest BCUT2D eigenvalue weighted by atomic mass is 127. The average Bonchev–Trinajstić information content (AvgIpc) is 2.47. The van der Waals surface area contributed by atoms with E-state index in [1.807, 2.05) is 6.07 Å². The Kier molecular flexibility index (Phi) is 2.81. The van der Waals surface area contributed by atoms with E-state index in [9.17, 15) is 4.79 Å². The number of fused-ring (bicyclic) bond motifs is 1. The first kappa shape index (κ1) is 10.4. The van der Waals surface area contributed by atoms with Crippen molar-refractivity contribution in [1.82, 2.24) is 0 Å². The third kappa shape index (κ3) is 1.68. The van der Waals surface area contributed by atoms with E-state index in [-0.39, 0.29) is 0 Å². The van der Waals surface area contributed by atoms with Crippen molar-refractivity contribution in [3.63, 3.8) is 0 Å². The average molecular weight is 383 g/mol. The summed E-state index contributed by atoms with van der Waals surface area (Å²) in [5, 5.41) is 9.94. The Morgan fingerprint density at radius 2 is 2.21 bits per heavy atom. The van der Waals surface area contributed by atoms with E-state index in [2.05, 4.69) is 38.5 Å². The van der Waals surface area contributed by atoms with Crippen molar-refractivity contribution < 1.29 is 9.90 Å². The molecule has 72 valence electrons. The standard InChI is InChI=1S/C9H4BrIO2S/c10-6-2-1-4(9(12)13)8-5(6)3-7(11)14-8/h1-3H,(H,12,13). The summed E-state index contributed by atoms with van der Waals surface area (Å²) in [6, 6.07) is 5.38. The minimum atomic E-state index is -0.874. The van der Waals surface area contributed by atoms with Gasteiger partial charge >= 0.3 is 5.97 Å². The van der Waals surface area contributed by atoms with Gasteiger partial charge in [-0.1, -0.05) is 15.9 Å². The topological polar surface area (TPSA) is 37.3 Å². The lowest BCUT2D eigenvalue weighted by Crippen LogP contribution is -1.95. The molecule has 0 aliphatic rings. The van der Waals surface area contributed by atoms with Crippen LogP contribution in [0.25, 0.3) is 10.1 Å². The second-order valence-corrected chi connectivity index (χ2v) is 6.49. The predicted octanol–water partition coefficient (Wildman–Crippen LogP) is 3.97. The number of rotatable bonds is 1. The van der Waals surface area contributed by atoms with Crippen molar-refractivity contribution >= 4 is 65.9 Å². The van der Waals surface area contributed by atoms with Crippen molar-refractivity contribution in [2.45, 2.75) is 0 Å². The molecule has 1 aromatic heterocycles. The molecule has 0 aliphatic heterocycles. The van der Waals surface area contributed by atoms with Crippen LogP contribution in [0.5, 0.6) is 0 Å². The SMILES string of the molecule is O=C(O)c1ccc(Br)c2cc(I)sc12. The summed E-state index contributed by atoms with van der Waals surface area (Å²) >= 11 is 7.10. The van der Waals surface area contributed by atoms with Gasteiger partial charge in [0.1, 0.15) is 0 Å². The molecule has 0 radical (unpaired) electrons. The van der Waals surface area contributed by atoms with Crippen LogP contribution in [-0.2, 0) is 0 Å². The number of aromatic carboxylic acids is 1. The molecular weight excluding hydrogens is 379 g/mol. The lowest BCUT2D eigenvalue weighted by atomic mass is 10.2. The largest absolute Gasteiger partial charge is 0.478 e. The van der Waals surface area contributed by atoms with Crippen LogP contribution in [0.2, 0.25) is 0 Å². The number of benzene rings is 1. The monoisotopic (exact) mass is 382 g/mol. The maximum atomic E-state index is 10.9. The zero-order chi connectivity index (χ0) is 10.3. The van der Waals surface area contributed by atoms with E-state index < -0.39 is 5.97 Å². The van der Waals surface area contributed by atoms with Crippen LogP contribution < -0.4 is 0 Å². The van der Waals surface area contributed by atoms with E-state index in [4.69, 9.17) is 5.11 Å². The molecular formula is C9H4BrIO2S. The fourth-order valence-corrected chi connectivity index (χ4v) is 3.69. The van der Waals surface area contributed by atoms with Crippen LogP contribution in [0, 0.1) is 2.88 Å². The quantitative estimate of drug-likeness (QED) is 0.758. The molecule has 5 heteroatoms. The molecule has 0 amide bonds. The molecule has 0 bridgehead atoms. The van der Waals surface area contributed by atoms with Crippen LogP contribution in [0.3, 0.4) is 0 Å². The van der Waals surface area contributed by atoms with Crippen LogP contribution in [0.4, 0.5) is 0 Å². The number of carboxylic acids is 1. The van der Waals surface area contributed by atoms with Gasteiger partial charge in [0.05, 0.1) is 13.1 Å². The van der Waals surface area contributed by atoms with E-state index >= 15 is 0 Å². The van der Waals surface area contributed by atoms with E-state index in [1.54, 1.807) is 12.1 Å². The zero-order valence-corrected chi connectivity index (χ0v) is 11.3. The Labute approximate surface area is 106 Å². The molecule has 0 spiro atoms. The first-order valence-corrected chi connectivity index (χ1v) is 6.39. The molecule has 14 heavy (non-hydrogen) atoms. The van der Waals surface area contributed by atoms with Gasteiger partial charge in [0, 0.05) is 9.86 Å². The molecule has 0 atom stereocenters. The van der Waals surface area contributed by atoms with E-state index in [0.717, 1.165) is 17.4 Å². The van der Waals surface area contributed by atoms with Crippen molar-refractivity contribution in [2.75, 3.05) is 0 Å². The molecule has 0 saturated carbocycles. The number of halogens is 2. The lowest BCUT2D eigenvalue weighted by molar-refractivity contribution is 0.0699. The maximum Gasteiger partial charge on any atom is 0.337 e. The Bertz CT molecular complexity index is 521. The van der Waals surface area contributed by atoms with Gasteiger partial charge in [-0.25, -0.2) is 4.79 Å². The fourth-order valence-electron chi connectivity index (χ4n) is 1.23. The van der Waals surface area contributed by atoms with Gasteiger partial charge in [-0.05, 0) is 40.8 Å². The second kappa shape index (κ2) is 3.79. The minimum Gasteiger partial charge on any atom is -0.478 e. The van der Waals surface area contributed by atoms with Crippen molar-refractivity contribution in [1.29, 1.82) is 0 Å². The summed E-state index contributed by atoms with van der Waals surface area (Å²) in [6.45, 7) is 0. The van der Waals surface area contributed by atoms with Crippen molar-refractivity contribution in [3.8, 4) is 0 Å². The highest BCUT2D eigenvalue weighted by Crippen LogP contribution is 2.34. The maximum absolute atomic E-state index is 10.9. The normalized spacial score (nSPS) is 10.7. The number of hydrogen-bond acceptors (Lipinski definition) is 2. The zero-order valence-electron chi connectivity index (χ0n) is 6.75. The van der Waals surface area contributed by atoms with Crippen LogP contribution in [0.1, 0.15) is 10.4 Å². The molecule has 0 aliphatic carbocycles. The third-order valence-corrected chi connectivity index (χ3v) is 4.45. The second-order valence-electron chi connectivity index (χ2n) is 2.69. The van der Waals surface area contributed by atoms with Crippen molar-refractivity contribution in [2.24, 2.45) is 0 Å². The summed E-state index contributed by atoms with van der Waals surface area (Å²) in [7, 11) is 0. The molecule has 0 unspecified atom stereocenters. The first-order chi connectivity index (χ1) is 6.59. The Morgan fingerprint density at radius 1 is 1.50 bits per heavy atom. The molecule has 1 heterocycles. The van der Waals surface area contributed by atoms with Crippen LogP contribution >= 0.6 is 49.9 Å². The summed E-state index contributed by atoms with van der Waals surface area (Å²) in [5.74, 6) is -0.874. The Morgan fingerprint density at radius 3 is 2.86 bits per heavy atom. The molecule has 2 nitrogen and oxygen atoms in total. The van der Waals surface area contributed by atoms with E-state index in [0.29, 0.717) is 5.56 Å². The predicted molar refractivity (Wildman–Crippen MR) is 69.2 cm³/mol. The molecule has 2 rings (SSSR count). The Hall–Kier alpha value is -0.140.